The molecule has 0 aromatic heterocycles. The quantitative estimate of drug-likeness (QED) is 0.613. The molecule has 0 saturated heterocycles. The normalized spacial score (nSPS) is 11.6. The monoisotopic (exact) mass is 366 g/mol. The number of amidine groups is 1. The minimum Gasteiger partial charge on any atom is -0.383 e. The summed E-state index contributed by atoms with van der Waals surface area (Å²) in [6, 6.07) is 13.7. The summed E-state index contributed by atoms with van der Waals surface area (Å²) in [6.45, 7) is 2.03. The van der Waals surface area contributed by atoms with Crippen LogP contribution in [0.3, 0.4) is 0 Å². The number of aliphatic imine (C=N–C) groups is 1. The molecule has 92 valence electrons. The summed E-state index contributed by atoms with van der Waals surface area (Å²) in [6.07, 6.45) is 0. The van der Waals surface area contributed by atoms with Gasteiger partial charge in [0, 0.05) is 14.5 Å². The second-order valence-corrected chi connectivity index (χ2v) is 5.65. The number of aryl methyl sites for hydroxylation is 1. The lowest BCUT2D eigenvalue weighted by molar-refractivity contribution is 1.37. The molecule has 0 spiro atoms. The third kappa shape index (κ3) is 3.00. The molecule has 0 amide bonds. The van der Waals surface area contributed by atoms with Crippen molar-refractivity contribution in [3.05, 3.63) is 62.5 Å². The van der Waals surface area contributed by atoms with E-state index < -0.39 is 0 Å². The number of hydrogen-bond acceptors (Lipinski definition) is 1. The van der Waals surface area contributed by atoms with E-state index in [9.17, 15) is 0 Å². The minimum atomic E-state index is 0.501. The molecule has 2 N–H and O–H groups in total. The molecule has 0 unspecified atom stereocenters. The fraction of sp³-hybridized carbons (Fsp3) is 0.0714. The first-order chi connectivity index (χ1) is 8.58. The van der Waals surface area contributed by atoms with Gasteiger partial charge in [-0.1, -0.05) is 30.3 Å². The van der Waals surface area contributed by atoms with Crippen LogP contribution in [-0.4, -0.2) is 5.84 Å². The summed E-state index contributed by atoms with van der Waals surface area (Å²) in [5, 5.41) is 0. The molecule has 4 heteroatoms. The summed E-state index contributed by atoms with van der Waals surface area (Å²) in [7, 11) is 0. The van der Waals surface area contributed by atoms with Gasteiger partial charge < -0.3 is 5.73 Å². The van der Waals surface area contributed by atoms with Gasteiger partial charge in [-0.05, 0) is 56.5 Å². The zero-order valence-corrected chi connectivity index (χ0v) is 13.0. The van der Waals surface area contributed by atoms with Crippen LogP contribution < -0.4 is 5.73 Å². The van der Waals surface area contributed by atoms with Gasteiger partial charge in [0.1, 0.15) is 5.84 Å². The van der Waals surface area contributed by atoms with E-state index in [1.165, 1.54) is 0 Å². The lowest BCUT2D eigenvalue weighted by Crippen LogP contribution is -2.12. The average molecular weight is 368 g/mol. The van der Waals surface area contributed by atoms with Gasteiger partial charge in [0.2, 0.25) is 0 Å². The molecule has 0 aliphatic heterocycles. The predicted molar refractivity (Wildman–Crippen MR) is 83.4 cm³/mol. The van der Waals surface area contributed by atoms with Gasteiger partial charge in [0.15, 0.2) is 0 Å². The summed E-state index contributed by atoms with van der Waals surface area (Å²) < 4.78 is 1.85. The number of hydrogen-bond donors (Lipinski definition) is 1. The number of halogens is 2. The van der Waals surface area contributed by atoms with Crippen molar-refractivity contribution >= 4 is 43.4 Å². The molecule has 18 heavy (non-hydrogen) atoms. The Morgan fingerprint density at radius 1 is 1.06 bits per heavy atom. The Labute approximate surface area is 123 Å². The van der Waals surface area contributed by atoms with Gasteiger partial charge in [-0.15, -0.1) is 0 Å². The maximum absolute atomic E-state index is 6.01. The summed E-state index contributed by atoms with van der Waals surface area (Å²) in [5.74, 6) is 0.501. The predicted octanol–water partition coefficient (Wildman–Crippen LogP) is 4.56. The van der Waals surface area contributed by atoms with E-state index in [4.69, 9.17) is 5.73 Å². The van der Waals surface area contributed by atoms with Crippen LogP contribution in [0.4, 0.5) is 5.69 Å². The first-order valence-electron chi connectivity index (χ1n) is 5.43. The van der Waals surface area contributed by atoms with E-state index >= 15 is 0 Å². The van der Waals surface area contributed by atoms with Gasteiger partial charge in [0.05, 0.1) is 5.69 Å². The fourth-order valence-corrected chi connectivity index (χ4v) is 3.19. The number of nitrogens with two attached hydrogens (primary N) is 1. The summed E-state index contributed by atoms with van der Waals surface area (Å²) in [5.41, 5.74) is 8.89. The third-order valence-electron chi connectivity index (χ3n) is 2.46. The van der Waals surface area contributed by atoms with Crippen molar-refractivity contribution in [3.63, 3.8) is 0 Å². The maximum atomic E-state index is 6.01. The Hall–Kier alpha value is -1.13. The molecule has 2 nitrogen and oxygen atoms in total. The molecular formula is C14H12Br2N2. The zero-order valence-electron chi connectivity index (χ0n) is 9.82. The molecule has 0 bridgehead atoms. The number of nitrogens with zero attached hydrogens (tertiary/aromatic N) is 1. The third-order valence-corrected chi connectivity index (χ3v) is 3.67. The van der Waals surface area contributed by atoms with Crippen molar-refractivity contribution in [2.75, 3.05) is 0 Å². The SMILES string of the molecule is Cc1cc(Br)c(N=C(N)c2ccccc2)c(Br)c1. The second-order valence-electron chi connectivity index (χ2n) is 3.94. The smallest absolute Gasteiger partial charge is 0.131 e. The Morgan fingerprint density at radius 3 is 2.17 bits per heavy atom. The van der Waals surface area contributed by atoms with Crippen LogP contribution in [0.1, 0.15) is 11.1 Å². The lowest BCUT2D eigenvalue weighted by atomic mass is 10.2. The Bertz CT molecular complexity index is 569. The molecule has 2 aromatic carbocycles. The lowest BCUT2D eigenvalue weighted by Gasteiger charge is -2.06. The van der Waals surface area contributed by atoms with Crippen molar-refractivity contribution in [1.82, 2.24) is 0 Å². The zero-order chi connectivity index (χ0) is 13.1. The molecule has 0 aliphatic rings. The van der Waals surface area contributed by atoms with E-state index in [1.54, 1.807) is 0 Å². The largest absolute Gasteiger partial charge is 0.383 e. The van der Waals surface area contributed by atoms with Crippen LogP contribution in [0.15, 0.2) is 56.4 Å². The van der Waals surface area contributed by atoms with Gasteiger partial charge in [-0.3, -0.25) is 0 Å². The molecular weight excluding hydrogens is 356 g/mol. The highest BCUT2D eigenvalue weighted by molar-refractivity contribution is 9.11. The van der Waals surface area contributed by atoms with Crippen LogP contribution in [-0.2, 0) is 0 Å². The molecule has 2 rings (SSSR count). The van der Waals surface area contributed by atoms with Crippen molar-refractivity contribution in [2.45, 2.75) is 6.92 Å². The van der Waals surface area contributed by atoms with Gasteiger partial charge >= 0.3 is 0 Å². The number of benzene rings is 2. The van der Waals surface area contributed by atoms with Crippen molar-refractivity contribution in [3.8, 4) is 0 Å². The van der Waals surface area contributed by atoms with Crippen molar-refractivity contribution in [1.29, 1.82) is 0 Å². The Kier molecular flexibility index (Phi) is 4.19. The fourth-order valence-electron chi connectivity index (χ4n) is 1.59. The molecule has 0 fully saturated rings. The molecule has 2 aromatic rings. The Balaban J connectivity index is 2.45. The molecule has 0 heterocycles. The first-order valence-corrected chi connectivity index (χ1v) is 7.02. The van der Waals surface area contributed by atoms with Crippen LogP contribution >= 0.6 is 31.9 Å². The number of rotatable bonds is 2. The molecule has 0 radical (unpaired) electrons. The van der Waals surface area contributed by atoms with Crippen LogP contribution in [0, 0.1) is 6.92 Å². The van der Waals surface area contributed by atoms with Gasteiger partial charge in [-0.2, -0.15) is 0 Å². The summed E-state index contributed by atoms with van der Waals surface area (Å²) >= 11 is 7.01. The standard InChI is InChI=1S/C14H12Br2N2/c1-9-7-11(15)13(12(16)8-9)18-14(17)10-5-3-2-4-6-10/h2-8H,1H3,(H2,17,18). The summed E-state index contributed by atoms with van der Waals surface area (Å²) in [4.78, 5) is 4.47. The van der Waals surface area contributed by atoms with Crippen LogP contribution in [0.25, 0.3) is 0 Å². The average Bonchev–Trinajstić information content (AvgIpc) is 2.34. The highest BCUT2D eigenvalue weighted by atomic mass is 79.9. The van der Waals surface area contributed by atoms with E-state index in [2.05, 4.69) is 36.9 Å². The molecule has 0 aliphatic carbocycles. The van der Waals surface area contributed by atoms with Crippen LogP contribution in [0.2, 0.25) is 0 Å². The maximum Gasteiger partial charge on any atom is 0.131 e. The van der Waals surface area contributed by atoms with Gasteiger partial charge in [0.25, 0.3) is 0 Å². The van der Waals surface area contributed by atoms with Crippen LogP contribution in [0.5, 0.6) is 0 Å². The molecule has 0 atom stereocenters. The first kappa shape index (κ1) is 13.3. The topological polar surface area (TPSA) is 38.4 Å². The van der Waals surface area contributed by atoms with Crippen molar-refractivity contribution < 1.29 is 0 Å². The highest BCUT2D eigenvalue weighted by Crippen LogP contribution is 2.35. The van der Waals surface area contributed by atoms with Crippen molar-refractivity contribution in [2.24, 2.45) is 10.7 Å². The van der Waals surface area contributed by atoms with E-state index in [0.29, 0.717) is 5.84 Å². The van der Waals surface area contributed by atoms with E-state index in [1.807, 2.05) is 49.4 Å². The molecule has 0 saturated carbocycles. The highest BCUT2D eigenvalue weighted by Gasteiger charge is 2.06. The van der Waals surface area contributed by atoms with E-state index in [-0.39, 0.29) is 0 Å². The Morgan fingerprint density at radius 2 is 1.61 bits per heavy atom. The van der Waals surface area contributed by atoms with E-state index in [0.717, 1.165) is 25.8 Å². The second kappa shape index (κ2) is 5.67. The van der Waals surface area contributed by atoms with Gasteiger partial charge in [-0.25, -0.2) is 4.99 Å². The minimum absolute atomic E-state index is 0.501.